The molecule has 21 heavy (non-hydrogen) atoms. The molecule has 7 nitrogen and oxygen atoms in total. The van der Waals surface area contributed by atoms with Gasteiger partial charge in [0.2, 0.25) is 6.39 Å². The average molecular weight is 291 g/mol. The molecule has 0 saturated carbocycles. The Kier molecular flexibility index (Phi) is 4.32. The smallest absolute Gasteiger partial charge is 0.213 e. The highest BCUT2D eigenvalue weighted by Crippen LogP contribution is 2.32. The lowest BCUT2D eigenvalue weighted by Gasteiger charge is -2.20. The second-order valence-electron chi connectivity index (χ2n) is 4.72. The van der Waals surface area contributed by atoms with Gasteiger partial charge in [0.05, 0.1) is 6.10 Å². The van der Waals surface area contributed by atoms with Crippen molar-refractivity contribution in [3.8, 4) is 11.5 Å². The monoisotopic (exact) mass is 291 g/mol. The van der Waals surface area contributed by atoms with Gasteiger partial charge in [0, 0.05) is 19.5 Å². The van der Waals surface area contributed by atoms with E-state index < -0.39 is 6.10 Å². The SMILES string of the molecule is OC(CNCCc1ncon1)c1ccc2c(c1)OCCO2. The van der Waals surface area contributed by atoms with E-state index in [1.807, 2.05) is 18.2 Å². The summed E-state index contributed by atoms with van der Waals surface area (Å²) in [6.07, 6.45) is 1.36. The Hall–Kier alpha value is -2.12. The van der Waals surface area contributed by atoms with Gasteiger partial charge in [0.25, 0.3) is 0 Å². The summed E-state index contributed by atoms with van der Waals surface area (Å²) in [7, 11) is 0. The minimum Gasteiger partial charge on any atom is -0.486 e. The molecular formula is C14H17N3O4. The third kappa shape index (κ3) is 3.50. The summed E-state index contributed by atoms with van der Waals surface area (Å²) in [6.45, 7) is 2.21. The molecule has 0 saturated heterocycles. The van der Waals surface area contributed by atoms with E-state index in [1.54, 1.807) is 0 Å². The number of nitrogens with one attached hydrogen (secondary N) is 1. The highest BCUT2D eigenvalue weighted by Gasteiger charge is 2.15. The average Bonchev–Trinajstić information content (AvgIpc) is 3.04. The predicted octanol–water partition coefficient (Wildman–Crippen LogP) is 0.706. The molecule has 1 atom stereocenters. The molecule has 1 aromatic heterocycles. The lowest BCUT2D eigenvalue weighted by molar-refractivity contribution is 0.163. The van der Waals surface area contributed by atoms with Gasteiger partial charge >= 0.3 is 0 Å². The maximum atomic E-state index is 10.2. The fraction of sp³-hybridized carbons (Fsp3) is 0.429. The second kappa shape index (κ2) is 6.55. The number of aromatic nitrogens is 2. The fourth-order valence-electron chi connectivity index (χ4n) is 2.13. The van der Waals surface area contributed by atoms with Gasteiger partial charge in [-0.2, -0.15) is 4.98 Å². The first-order valence-electron chi connectivity index (χ1n) is 6.86. The molecule has 0 amide bonds. The second-order valence-corrected chi connectivity index (χ2v) is 4.72. The van der Waals surface area contributed by atoms with Crippen LogP contribution in [0.5, 0.6) is 11.5 Å². The van der Waals surface area contributed by atoms with Crippen molar-refractivity contribution in [2.45, 2.75) is 12.5 Å². The third-order valence-corrected chi connectivity index (χ3v) is 3.22. The number of ether oxygens (including phenoxy) is 2. The number of aliphatic hydroxyl groups excluding tert-OH is 1. The number of rotatable bonds is 6. The zero-order valence-electron chi connectivity index (χ0n) is 11.5. The minimum atomic E-state index is -0.605. The molecule has 1 aliphatic rings. The molecule has 7 heteroatoms. The molecule has 2 heterocycles. The Balaban J connectivity index is 1.49. The van der Waals surface area contributed by atoms with Crippen LogP contribution in [0.4, 0.5) is 0 Å². The van der Waals surface area contributed by atoms with Gasteiger partial charge in [0.15, 0.2) is 17.3 Å². The van der Waals surface area contributed by atoms with Crippen LogP contribution in [0.15, 0.2) is 29.1 Å². The predicted molar refractivity (Wildman–Crippen MR) is 73.3 cm³/mol. The molecule has 3 rings (SSSR count). The number of benzene rings is 1. The Morgan fingerprint density at radius 1 is 1.24 bits per heavy atom. The lowest BCUT2D eigenvalue weighted by Crippen LogP contribution is -2.24. The van der Waals surface area contributed by atoms with Crippen LogP contribution in [0.1, 0.15) is 17.5 Å². The van der Waals surface area contributed by atoms with Crippen LogP contribution in [0.25, 0.3) is 0 Å². The third-order valence-electron chi connectivity index (χ3n) is 3.22. The molecule has 2 aromatic rings. The minimum absolute atomic E-state index is 0.442. The Bertz CT molecular complexity index is 574. The van der Waals surface area contributed by atoms with E-state index >= 15 is 0 Å². The number of fused-ring (bicyclic) bond motifs is 1. The summed E-state index contributed by atoms with van der Waals surface area (Å²) in [6, 6.07) is 5.49. The van der Waals surface area contributed by atoms with Gasteiger partial charge in [-0.05, 0) is 17.7 Å². The molecule has 0 spiro atoms. The van der Waals surface area contributed by atoms with Crippen molar-refractivity contribution in [2.24, 2.45) is 0 Å². The molecule has 0 fully saturated rings. The van der Waals surface area contributed by atoms with E-state index in [0.29, 0.717) is 44.3 Å². The normalized spacial score (nSPS) is 14.9. The zero-order valence-corrected chi connectivity index (χ0v) is 11.5. The van der Waals surface area contributed by atoms with Crippen LogP contribution in [0.3, 0.4) is 0 Å². The standard InChI is InChI=1S/C14H17N3O4/c18-11(8-15-4-3-14-16-9-21-17-14)10-1-2-12-13(7-10)20-6-5-19-12/h1-2,7,9,11,15,18H,3-6,8H2. The van der Waals surface area contributed by atoms with E-state index in [0.717, 1.165) is 11.3 Å². The van der Waals surface area contributed by atoms with Crippen molar-refractivity contribution in [2.75, 3.05) is 26.3 Å². The summed E-state index contributed by atoms with van der Waals surface area (Å²) in [4.78, 5) is 3.93. The maximum absolute atomic E-state index is 10.2. The molecule has 0 radical (unpaired) electrons. The summed E-state index contributed by atoms with van der Waals surface area (Å²) >= 11 is 0. The fourth-order valence-corrected chi connectivity index (χ4v) is 2.13. The van der Waals surface area contributed by atoms with E-state index in [9.17, 15) is 5.11 Å². The highest BCUT2D eigenvalue weighted by molar-refractivity contribution is 5.44. The first kappa shape index (κ1) is 13.8. The van der Waals surface area contributed by atoms with Crippen molar-refractivity contribution in [3.63, 3.8) is 0 Å². The first-order chi connectivity index (χ1) is 10.3. The molecule has 112 valence electrons. The van der Waals surface area contributed by atoms with Crippen molar-refractivity contribution >= 4 is 0 Å². The zero-order chi connectivity index (χ0) is 14.5. The number of hydrogen-bond donors (Lipinski definition) is 2. The van der Waals surface area contributed by atoms with Crippen molar-refractivity contribution in [1.82, 2.24) is 15.5 Å². The molecule has 1 unspecified atom stereocenters. The van der Waals surface area contributed by atoms with Crippen LogP contribution < -0.4 is 14.8 Å². The molecule has 0 aliphatic carbocycles. The quantitative estimate of drug-likeness (QED) is 0.757. The topological polar surface area (TPSA) is 89.6 Å². The van der Waals surface area contributed by atoms with Crippen LogP contribution in [0.2, 0.25) is 0 Å². The molecule has 2 N–H and O–H groups in total. The summed E-state index contributed by atoms with van der Waals surface area (Å²) in [5.74, 6) is 2.06. The van der Waals surface area contributed by atoms with Gasteiger partial charge in [-0.15, -0.1) is 0 Å². The van der Waals surface area contributed by atoms with Gasteiger partial charge < -0.3 is 24.4 Å². The highest BCUT2D eigenvalue weighted by atomic mass is 16.6. The maximum Gasteiger partial charge on any atom is 0.213 e. The van der Waals surface area contributed by atoms with Crippen molar-refractivity contribution < 1.29 is 19.1 Å². The molecule has 1 aromatic carbocycles. The van der Waals surface area contributed by atoms with E-state index in [-0.39, 0.29) is 0 Å². The molecular weight excluding hydrogens is 274 g/mol. The van der Waals surface area contributed by atoms with E-state index in [4.69, 9.17) is 9.47 Å². The summed E-state index contributed by atoms with van der Waals surface area (Å²) < 4.78 is 15.6. The van der Waals surface area contributed by atoms with Crippen LogP contribution in [-0.2, 0) is 6.42 Å². The van der Waals surface area contributed by atoms with Gasteiger partial charge in [-0.1, -0.05) is 11.2 Å². The van der Waals surface area contributed by atoms with E-state index in [2.05, 4.69) is 20.0 Å². The Morgan fingerprint density at radius 2 is 2.10 bits per heavy atom. The van der Waals surface area contributed by atoms with Crippen LogP contribution in [-0.4, -0.2) is 41.6 Å². The summed E-state index contributed by atoms with van der Waals surface area (Å²) in [5, 5.41) is 17.0. The summed E-state index contributed by atoms with van der Waals surface area (Å²) in [5.41, 5.74) is 0.798. The Morgan fingerprint density at radius 3 is 2.90 bits per heavy atom. The number of hydrogen-bond acceptors (Lipinski definition) is 7. The van der Waals surface area contributed by atoms with Crippen molar-refractivity contribution in [3.05, 3.63) is 36.0 Å². The lowest BCUT2D eigenvalue weighted by atomic mass is 10.1. The van der Waals surface area contributed by atoms with Gasteiger partial charge in [-0.3, -0.25) is 0 Å². The molecule has 1 aliphatic heterocycles. The van der Waals surface area contributed by atoms with Crippen molar-refractivity contribution in [1.29, 1.82) is 0 Å². The number of nitrogens with zero attached hydrogens (tertiary/aromatic N) is 2. The van der Waals surface area contributed by atoms with Crippen LogP contribution >= 0.6 is 0 Å². The first-order valence-corrected chi connectivity index (χ1v) is 6.86. The van der Waals surface area contributed by atoms with Gasteiger partial charge in [-0.25, -0.2) is 0 Å². The van der Waals surface area contributed by atoms with Crippen LogP contribution in [0, 0.1) is 0 Å². The largest absolute Gasteiger partial charge is 0.486 e. The Labute approximate surface area is 121 Å². The van der Waals surface area contributed by atoms with E-state index in [1.165, 1.54) is 6.39 Å². The van der Waals surface area contributed by atoms with Gasteiger partial charge in [0.1, 0.15) is 13.2 Å². The molecule has 0 bridgehead atoms. The number of aliphatic hydroxyl groups is 1.